The summed E-state index contributed by atoms with van der Waals surface area (Å²) in [4.78, 5) is 15.3. The minimum atomic E-state index is -0.877. The molecule has 0 unspecified atom stereocenters. The smallest absolute Gasteiger partial charge is 0.303 e. The van der Waals surface area contributed by atoms with E-state index in [2.05, 4.69) is 4.98 Å². The van der Waals surface area contributed by atoms with E-state index in [4.69, 9.17) is 5.11 Å². The molecule has 17 heavy (non-hydrogen) atoms. The Kier molecular flexibility index (Phi) is 3.49. The minimum Gasteiger partial charge on any atom is -0.481 e. The highest BCUT2D eigenvalue weighted by atomic mass is 32.1. The van der Waals surface area contributed by atoms with Gasteiger partial charge in [-0.25, -0.2) is 9.37 Å². The van der Waals surface area contributed by atoms with Crippen molar-refractivity contribution in [1.29, 1.82) is 0 Å². The lowest BCUT2D eigenvalue weighted by atomic mass is 10.1. The van der Waals surface area contributed by atoms with Crippen LogP contribution >= 0.6 is 11.3 Å². The molecule has 88 valence electrons. The van der Waals surface area contributed by atoms with Crippen LogP contribution in [-0.2, 0) is 11.2 Å². The Morgan fingerprint density at radius 1 is 1.41 bits per heavy atom. The highest BCUT2D eigenvalue weighted by Crippen LogP contribution is 2.30. The molecule has 2 rings (SSSR count). The number of benzene rings is 1. The van der Waals surface area contributed by atoms with Crippen molar-refractivity contribution in [1.82, 2.24) is 4.98 Å². The number of nitrogens with zero attached hydrogens (tertiary/aromatic N) is 1. The van der Waals surface area contributed by atoms with Gasteiger partial charge >= 0.3 is 5.97 Å². The number of carboxylic acid groups (broad SMARTS) is 1. The standard InChI is InChI=1S/C12H10FNO2S/c13-9-4-2-1-3-8(9)12-10(14-7-17-12)5-6-11(15)16/h1-4,7H,5-6H2,(H,15,16). The van der Waals surface area contributed by atoms with Crippen LogP contribution < -0.4 is 0 Å². The van der Waals surface area contributed by atoms with Gasteiger partial charge in [0, 0.05) is 12.0 Å². The van der Waals surface area contributed by atoms with Crippen LogP contribution in [0, 0.1) is 5.82 Å². The second kappa shape index (κ2) is 5.05. The van der Waals surface area contributed by atoms with Crippen LogP contribution in [0.4, 0.5) is 4.39 Å². The average molecular weight is 251 g/mol. The maximum Gasteiger partial charge on any atom is 0.303 e. The fourth-order valence-corrected chi connectivity index (χ4v) is 2.41. The molecular weight excluding hydrogens is 241 g/mol. The first-order valence-electron chi connectivity index (χ1n) is 5.07. The van der Waals surface area contributed by atoms with E-state index in [0.717, 1.165) is 0 Å². The Bertz CT molecular complexity index is 539. The average Bonchev–Trinajstić information content (AvgIpc) is 2.75. The molecule has 0 spiro atoms. The van der Waals surface area contributed by atoms with Crippen LogP contribution in [0.3, 0.4) is 0 Å². The van der Waals surface area contributed by atoms with Gasteiger partial charge in [-0.15, -0.1) is 11.3 Å². The third-order valence-electron chi connectivity index (χ3n) is 2.34. The number of carbonyl (C=O) groups is 1. The molecule has 2 aromatic rings. The normalized spacial score (nSPS) is 10.4. The molecule has 1 aromatic heterocycles. The van der Waals surface area contributed by atoms with Gasteiger partial charge in [-0.1, -0.05) is 18.2 Å². The number of carboxylic acids is 1. The van der Waals surface area contributed by atoms with E-state index in [1.165, 1.54) is 17.4 Å². The maximum absolute atomic E-state index is 13.6. The van der Waals surface area contributed by atoms with Gasteiger partial charge in [0.1, 0.15) is 5.82 Å². The minimum absolute atomic E-state index is 0.00514. The third-order valence-corrected chi connectivity index (χ3v) is 3.24. The number of aliphatic carboxylic acids is 1. The highest BCUT2D eigenvalue weighted by molar-refractivity contribution is 7.13. The summed E-state index contributed by atoms with van der Waals surface area (Å²) in [6, 6.07) is 6.43. The molecular formula is C12H10FNO2S. The summed E-state index contributed by atoms with van der Waals surface area (Å²) in [7, 11) is 0. The zero-order chi connectivity index (χ0) is 12.3. The summed E-state index contributed by atoms with van der Waals surface area (Å²) in [5.74, 6) is -1.19. The molecule has 0 aliphatic carbocycles. The van der Waals surface area contributed by atoms with Crippen LogP contribution in [0.5, 0.6) is 0 Å². The first kappa shape index (κ1) is 11.7. The summed E-state index contributed by atoms with van der Waals surface area (Å²) in [5.41, 5.74) is 2.73. The van der Waals surface area contributed by atoms with E-state index in [1.807, 2.05) is 0 Å². The van der Waals surface area contributed by atoms with Gasteiger partial charge < -0.3 is 5.11 Å². The second-order valence-electron chi connectivity index (χ2n) is 3.50. The highest BCUT2D eigenvalue weighted by Gasteiger charge is 2.13. The van der Waals surface area contributed by atoms with Crippen LogP contribution in [0.15, 0.2) is 29.8 Å². The molecule has 0 fully saturated rings. The molecule has 1 aromatic carbocycles. The number of thiazole rings is 1. The van der Waals surface area contributed by atoms with Crippen molar-refractivity contribution in [2.45, 2.75) is 12.8 Å². The molecule has 0 saturated carbocycles. The Labute approximate surface area is 102 Å². The van der Waals surface area contributed by atoms with Gasteiger partial charge in [-0.05, 0) is 6.07 Å². The molecule has 0 bridgehead atoms. The van der Waals surface area contributed by atoms with Crippen molar-refractivity contribution >= 4 is 17.3 Å². The Hall–Kier alpha value is -1.75. The van der Waals surface area contributed by atoms with Crippen LogP contribution in [-0.4, -0.2) is 16.1 Å². The lowest BCUT2D eigenvalue weighted by Crippen LogP contribution is -1.98. The molecule has 3 nitrogen and oxygen atoms in total. The van der Waals surface area contributed by atoms with Gasteiger partial charge in [-0.3, -0.25) is 4.79 Å². The molecule has 1 N–H and O–H groups in total. The van der Waals surface area contributed by atoms with Crippen LogP contribution in [0.2, 0.25) is 0 Å². The predicted molar refractivity (Wildman–Crippen MR) is 63.5 cm³/mol. The number of halogens is 1. The molecule has 0 aliphatic heterocycles. The number of rotatable bonds is 4. The number of aryl methyl sites for hydroxylation is 1. The zero-order valence-corrected chi connectivity index (χ0v) is 9.71. The summed E-state index contributed by atoms with van der Waals surface area (Å²) in [6.45, 7) is 0. The van der Waals surface area contributed by atoms with Crippen molar-refractivity contribution in [2.75, 3.05) is 0 Å². The Balaban J connectivity index is 2.31. The number of hydrogen-bond donors (Lipinski definition) is 1. The van der Waals surface area contributed by atoms with E-state index in [-0.39, 0.29) is 12.2 Å². The van der Waals surface area contributed by atoms with Crippen molar-refractivity contribution < 1.29 is 14.3 Å². The Morgan fingerprint density at radius 3 is 2.88 bits per heavy atom. The monoisotopic (exact) mass is 251 g/mol. The quantitative estimate of drug-likeness (QED) is 0.908. The second-order valence-corrected chi connectivity index (χ2v) is 4.36. The first-order chi connectivity index (χ1) is 8.18. The van der Waals surface area contributed by atoms with Gasteiger partial charge in [0.25, 0.3) is 0 Å². The molecule has 0 aliphatic rings. The van der Waals surface area contributed by atoms with E-state index < -0.39 is 5.97 Å². The van der Waals surface area contributed by atoms with E-state index in [9.17, 15) is 9.18 Å². The predicted octanol–water partition coefficient (Wildman–Crippen LogP) is 2.97. The SMILES string of the molecule is O=C(O)CCc1ncsc1-c1ccccc1F. The molecule has 0 amide bonds. The van der Waals surface area contributed by atoms with Crippen molar-refractivity contribution in [2.24, 2.45) is 0 Å². The maximum atomic E-state index is 13.6. The van der Waals surface area contributed by atoms with E-state index in [0.29, 0.717) is 22.6 Å². The summed E-state index contributed by atoms with van der Waals surface area (Å²) in [5, 5.41) is 8.63. The fraction of sp³-hybridized carbons (Fsp3) is 0.167. The van der Waals surface area contributed by atoms with Crippen molar-refractivity contribution in [3.63, 3.8) is 0 Å². The first-order valence-corrected chi connectivity index (χ1v) is 5.95. The molecule has 0 atom stereocenters. The summed E-state index contributed by atoms with van der Waals surface area (Å²) in [6.07, 6.45) is 0.327. The van der Waals surface area contributed by atoms with Gasteiger partial charge in [0.15, 0.2) is 0 Å². The summed E-state index contributed by atoms with van der Waals surface area (Å²) < 4.78 is 13.6. The molecule has 0 saturated heterocycles. The molecule has 1 heterocycles. The lowest BCUT2D eigenvalue weighted by molar-refractivity contribution is -0.136. The summed E-state index contributed by atoms with van der Waals surface area (Å²) >= 11 is 1.32. The Morgan fingerprint density at radius 2 is 2.18 bits per heavy atom. The molecule has 0 radical (unpaired) electrons. The van der Waals surface area contributed by atoms with Crippen molar-refractivity contribution in [3.05, 3.63) is 41.3 Å². The lowest BCUT2D eigenvalue weighted by Gasteiger charge is -2.02. The zero-order valence-electron chi connectivity index (χ0n) is 8.89. The van der Waals surface area contributed by atoms with Crippen LogP contribution in [0.25, 0.3) is 10.4 Å². The van der Waals surface area contributed by atoms with E-state index >= 15 is 0 Å². The van der Waals surface area contributed by atoms with Gasteiger partial charge in [0.05, 0.1) is 22.5 Å². The van der Waals surface area contributed by atoms with Gasteiger partial charge in [-0.2, -0.15) is 0 Å². The largest absolute Gasteiger partial charge is 0.481 e. The third kappa shape index (κ3) is 2.68. The van der Waals surface area contributed by atoms with Crippen LogP contribution in [0.1, 0.15) is 12.1 Å². The topological polar surface area (TPSA) is 50.2 Å². The van der Waals surface area contributed by atoms with Gasteiger partial charge in [0.2, 0.25) is 0 Å². The van der Waals surface area contributed by atoms with E-state index in [1.54, 1.807) is 23.7 Å². The van der Waals surface area contributed by atoms with Crippen molar-refractivity contribution in [3.8, 4) is 10.4 Å². The number of aromatic nitrogens is 1. The number of hydrogen-bond acceptors (Lipinski definition) is 3. The fourth-order valence-electron chi connectivity index (χ4n) is 1.54. The molecule has 5 heteroatoms.